The van der Waals surface area contributed by atoms with Gasteiger partial charge in [-0.1, -0.05) is 12.1 Å². The van der Waals surface area contributed by atoms with Crippen LogP contribution in [0.15, 0.2) is 53.4 Å². The molecule has 0 radical (unpaired) electrons. The Labute approximate surface area is 203 Å². The summed E-state index contributed by atoms with van der Waals surface area (Å²) in [6.45, 7) is 0.0189. The van der Waals surface area contributed by atoms with Gasteiger partial charge in [-0.25, -0.2) is 32.3 Å². The van der Waals surface area contributed by atoms with Crippen LogP contribution in [0.2, 0.25) is 0 Å². The molecule has 0 atom stereocenters. The average molecular weight is 529 g/mol. The second-order valence-corrected chi connectivity index (χ2v) is 10.1. The van der Waals surface area contributed by atoms with Gasteiger partial charge < -0.3 is 0 Å². The predicted molar refractivity (Wildman–Crippen MR) is 121 cm³/mol. The van der Waals surface area contributed by atoms with E-state index in [1.54, 1.807) is 0 Å². The van der Waals surface area contributed by atoms with Crippen LogP contribution in [-0.2, 0) is 16.2 Å². The fraction of sp³-hybridized carbons (Fsp3) is 0.304. The molecule has 1 fully saturated rings. The van der Waals surface area contributed by atoms with E-state index in [9.17, 15) is 35.2 Å². The second-order valence-electron chi connectivity index (χ2n) is 8.50. The van der Waals surface area contributed by atoms with Crippen molar-refractivity contribution in [2.24, 2.45) is 5.14 Å². The normalized spacial score (nSPS) is 17.1. The lowest BCUT2D eigenvalue weighted by atomic mass is 10.0. The number of nitrogens with zero attached hydrogens (tertiary/aromatic N) is 2. The number of nitrogens with one attached hydrogen (secondary N) is 1. The van der Waals surface area contributed by atoms with E-state index in [2.05, 4.69) is 10.4 Å². The van der Waals surface area contributed by atoms with Crippen molar-refractivity contribution in [3.63, 3.8) is 0 Å². The molecular formula is C23H21F5N4O3S. The second kappa shape index (κ2) is 9.37. The number of aromatic nitrogens is 1. The van der Waals surface area contributed by atoms with Crippen LogP contribution >= 0.6 is 0 Å². The number of nitrogens with two attached hydrogens (primary N) is 1. The van der Waals surface area contributed by atoms with Crippen LogP contribution in [0.4, 0.5) is 22.0 Å². The summed E-state index contributed by atoms with van der Waals surface area (Å²) in [6.07, 6.45) is -5.30. The van der Waals surface area contributed by atoms with Gasteiger partial charge in [0.25, 0.3) is 5.91 Å². The number of benzene rings is 2. The minimum Gasteiger partial charge on any atom is -0.285 e. The molecule has 1 saturated heterocycles. The number of amides is 1. The highest BCUT2D eigenvalue weighted by atomic mass is 32.2. The summed E-state index contributed by atoms with van der Waals surface area (Å²) in [5.74, 6) is -3.65. The maximum absolute atomic E-state index is 13.7. The molecule has 0 saturated carbocycles. The van der Waals surface area contributed by atoms with Crippen molar-refractivity contribution < 1.29 is 35.2 Å². The fourth-order valence-corrected chi connectivity index (χ4v) is 4.51. The number of alkyl halides is 5. The number of rotatable bonds is 4. The van der Waals surface area contributed by atoms with Crippen molar-refractivity contribution in [2.75, 3.05) is 13.1 Å². The molecule has 3 aromatic rings. The van der Waals surface area contributed by atoms with Gasteiger partial charge >= 0.3 is 6.18 Å². The van der Waals surface area contributed by atoms with Crippen LogP contribution in [0.5, 0.6) is 0 Å². The van der Waals surface area contributed by atoms with Gasteiger partial charge in [0, 0.05) is 36.9 Å². The van der Waals surface area contributed by atoms with Crippen molar-refractivity contribution in [3.05, 3.63) is 59.7 Å². The summed E-state index contributed by atoms with van der Waals surface area (Å²) in [4.78, 5) is 17.3. The van der Waals surface area contributed by atoms with E-state index >= 15 is 0 Å². The summed E-state index contributed by atoms with van der Waals surface area (Å²) in [6, 6.07) is 9.32. The highest BCUT2D eigenvalue weighted by molar-refractivity contribution is 7.89. The lowest BCUT2D eigenvalue weighted by Crippen LogP contribution is -2.43. The van der Waals surface area contributed by atoms with Crippen molar-refractivity contribution >= 4 is 26.8 Å². The smallest absolute Gasteiger partial charge is 0.285 e. The summed E-state index contributed by atoms with van der Waals surface area (Å²) >= 11 is 0. The third kappa shape index (κ3) is 5.79. The van der Waals surface area contributed by atoms with Crippen LogP contribution in [0.3, 0.4) is 0 Å². The molecule has 2 heterocycles. The molecule has 2 aromatic carbocycles. The average Bonchev–Trinajstić information content (AvgIpc) is 2.96. The first kappa shape index (κ1) is 25.9. The van der Waals surface area contributed by atoms with Gasteiger partial charge in [0.2, 0.25) is 15.9 Å². The third-order valence-electron chi connectivity index (χ3n) is 5.80. The monoisotopic (exact) mass is 528 g/mol. The van der Waals surface area contributed by atoms with Crippen LogP contribution in [0, 0.1) is 0 Å². The predicted octanol–water partition coefficient (Wildman–Crippen LogP) is 4.33. The highest BCUT2D eigenvalue weighted by Gasteiger charge is 2.33. The molecule has 7 nitrogen and oxygen atoms in total. The van der Waals surface area contributed by atoms with Crippen molar-refractivity contribution in [1.29, 1.82) is 0 Å². The molecule has 36 heavy (non-hydrogen) atoms. The van der Waals surface area contributed by atoms with Gasteiger partial charge in [-0.05, 0) is 42.8 Å². The van der Waals surface area contributed by atoms with Gasteiger partial charge in [0.15, 0.2) is 0 Å². The largest absolute Gasteiger partial charge is 0.416 e. The van der Waals surface area contributed by atoms with Gasteiger partial charge in [-0.3, -0.25) is 10.2 Å². The molecule has 0 aliphatic carbocycles. The molecule has 1 aliphatic heterocycles. The molecule has 192 valence electrons. The van der Waals surface area contributed by atoms with Gasteiger partial charge in [-0.15, -0.1) is 0 Å². The summed E-state index contributed by atoms with van der Waals surface area (Å²) in [5.41, 5.74) is 1.73. The standard InChI is InChI=1S/C23H21F5N4O3S/c24-22(25)7-2-9-32(10-8-22)31-21(33)18-13-15-11-16(23(26,27)28)5-6-19(15)30-20(18)14-3-1-4-17(12-14)36(29,34)35/h1,3-6,11-13H,2,7-10H2,(H,31,33)(H2,29,34,35). The summed E-state index contributed by atoms with van der Waals surface area (Å²) < 4.78 is 90.9. The molecule has 0 spiro atoms. The van der Waals surface area contributed by atoms with E-state index in [0.717, 1.165) is 18.2 Å². The Bertz CT molecular complexity index is 1430. The Hall–Kier alpha value is -3.16. The Morgan fingerprint density at radius 2 is 1.81 bits per heavy atom. The number of hydrazine groups is 1. The minimum atomic E-state index is -4.63. The van der Waals surface area contributed by atoms with E-state index in [-0.39, 0.29) is 58.6 Å². The van der Waals surface area contributed by atoms with E-state index in [0.29, 0.717) is 0 Å². The first-order valence-corrected chi connectivity index (χ1v) is 12.4. The highest BCUT2D eigenvalue weighted by Crippen LogP contribution is 2.33. The van der Waals surface area contributed by atoms with Gasteiger partial charge in [0.05, 0.1) is 27.2 Å². The number of halogens is 5. The van der Waals surface area contributed by atoms with Gasteiger partial charge in [-0.2, -0.15) is 13.2 Å². The van der Waals surface area contributed by atoms with Crippen molar-refractivity contribution in [1.82, 2.24) is 15.4 Å². The Morgan fingerprint density at radius 3 is 2.50 bits per heavy atom. The Kier molecular flexibility index (Phi) is 6.75. The zero-order valence-electron chi connectivity index (χ0n) is 18.6. The molecular weight excluding hydrogens is 507 g/mol. The van der Waals surface area contributed by atoms with Crippen LogP contribution in [0.1, 0.15) is 35.2 Å². The number of carbonyl (C=O) groups excluding carboxylic acids is 1. The lowest BCUT2D eigenvalue weighted by Gasteiger charge is -2.22. The zero-order valence-corrected chi connectivity index (χ0v) is 19.5. The first-order valence-electron chi connectivity index (χ1n) is 10.8. The molecule has 1 aromatic heterocycles. The molecule has 1 amide bonds. The van der Waals surface area contributed by atoms with Crippen LogP contribution in [-0.4, -0.2) is 43.3 Å². The molecule has 13 heteroatoms. The van der Waals surface area contributed by atoms with E-state index in [1.807, 2.05) is 0 Å². The maximum atomic E-state index is 13.7. The molecule has 1 aliphatic rings. The van der Waals surface area contributed by atoms with Crippen LogP contribution in [0.25, 0.3) is 22.2 Å². The van der Waals surface area contributed by atoms with Crippen molar-refractivity contribution in [3.8, 4) is 11.3 Å². The summed E-state index contributed by atoms with van der Waals surface area (Å²) in [7, 11) is -4.10. The first-order chi connectivity index (χ1) is 16.7. The number of fused-ring (bicyclic) bond motifs is 1. The van der Waals surface area contributed by atoms with Crippen LogP contribution < -0.4 is 10.6 Å². The van der Waals surface area contributed by atoms with Crippen molar-refractivity contribution in [2.45, 2.75) is 36.3 Å². The number of hydrogen-bond acceptors (Lipinski definition) is 5. The number of primary sulfonamides is 1. The number of carbonyl (C=O) groups is 1. The molecule has 4 rings (SSSR count). The Balaban J connectivity index is 1.81. The zero-order chi connectivity index (χ0) is 26.3. The number of hydrogen-bond donors (Lipinski definition) is 2. The maximum Gasteiger partial charge on any atom is 0.416 e. The van der Waals surface area contributed by atoms with E-state index in [4.69, 9.17) is 5.14 Å². The number of sulfonamides is 1. The lowest BCUT2D eigenvalue weighted by molar-refractivity contribution is -0.137. The summed E-state index contributed by atoms with van der Waals surface area (Å²) in [5, 5.41) is 6.55. The molecule has 0 unspecified atom stereocenters. The fourth-order valence-electron chi connectivity index (χ4n) is 3.95. The minimum absolute atomic E-state index is 0.00888. The third-order valence-corrected chi connectivity index (χ3v) is 6.71. The van der Waals surface area contributed by atoms with E-state index < -0.39 is 40.0 Å². The van der Waals surface area contributed by atoms with E-state index in [1.165, 1.54) is 35.3 Å². The molecule has 3 N–H and O–H groups in total. The topological polar surface area (TPSA) is 105 Å². The Morgan fingerprint density at radius 1 is 1.06 bits per heavy atom. The SMILES string of the molecule is NS(=O)(=O)c1cccc(-c2nc3ccc(C(F)(F)F)cc3cc2C(=O)NN2CCCC(F)(F)CC2)c1. The number of pyridine rings is 1. The molecule has 0 bridgehead atoms. The van der Waals surface area contributed by atoms with Gasteiger partial charge in [0.1, 0.15) is 0 Å². The quantitative estimate of drug-likeness (QED) is 0.491.